The molecule has 0 aliphatic rings. The molecule has 0 aliphatic carbocycles. The second-order valence-electron chi connectivity index (χ2n) is 5.94. The molecule has 146 valence electrons. The molecule has 2 aromatic carbocycles. The summed E-state index contributed by atoms with van der Waals surface area (Å²) in [6.45, 7) is 1.30. The van der Waals surface area contributed by atoms with Crippen molar-refractivity contribution in [2.24, 2.45) is 0 Å². The van der Waals surface area contributed by atoms with Gasteiger partial charge in [0.2, 0.25) is 5.91 Å². The third-order valence-corrected chi connectivity index (χ3v) is 4.31. The van der Waals surface area contributed by atoms with E-state index in [4.69, 9.17) is 4.74 Å². The van der Waals surface area contributed by atoms with Crippen molar-refractivity contribution < 1.29 is 23.9 Å². The molecular weight excluding hydrogens is 428 g/mol. The molecule has 0 unspecified atom stereocenters. The minimum atomic E-state index is -1.03. The van der Waals surface area contributed by atoms with Crippen molar-refractivity contribution in [1.29, 1.82) is 0 Å². The zero-order valence-electron chi connectivity index (χ0n) is 15.3. The van der Waals surface area contributed by atoms with Crippen molar-refractivity contribution in [1.82, 2.24) is 5.32 Å². The van der Waals surface area contributed by atoms with Crippen molar-refractivity contribution >= 4 is 45.2 Å². The largest absolute Gasteiger partial charge is 0.467 e. The van der Waals surface area contributed by atoms with Gasteiger partial charge in [-0.2, -0.15) is 0 Å². The molecule has 2 aromatic rings. The Kier molecular flexibility index (Phi) is 7.45. The van der Waals surface area contributed by atoms with Crippen LogP contribution in [0.2, 0.25) is 0 Å². The molecule has 0 saturated heterocycles. The second-order valence-corrected chi connectivity index (χ2v) is 6.85. The molecular formula is C20H19BrN2O5. The van der Waals surface area contributed by atoms with Crippen LogP contribution in [0.1, 0.15) is 22.8 Å². The number of ether oxygens (including phenoxy) is 1. The molecule has 1 atom stereocenters. The van der Waals surface area contributed by atoms with E-state index in [0.29, 0.717) is 4.47 Å². The predicted molar refractivity (Wildman–Crippen MR) is 107 cm³/mol. The van der Waals surface area contributed by atoms with Crippen molar-refractivity contribution in [3.8, 4) is 0 Å². The summed E-state index contributed by atoms with van der Waals surface area (Å²) in [5.74, 6) is -2.90. The summed E-state index contributed by atoms with van der Waals surface area (Å²) < 4.78 is 5.30. The average Bonchev–Trinajstić information content (AvgIpc) is 2.68. The summed E-state index contributed by atoms with van der Waals surface area (Å²) in [5.41, 5.74) is 1.01. The van der Waals surface area contributed by atoms with E-state index in [9.17, 15) is 19.2 Å². The van der Waals surface area contributed by atoms with Gasteiger partial charge in [0, 0.05) is 17.8 Å². The number of Topliss-reactive ketones (excluding diaryl/α,β-unsaturated/α-hetero) is 1. The van der Waals surface area contributed by atoms with Crippen LogP contribution in [-0.4, -0.2) is 36.7 Å². The first kappa shape index (κ1) is 21.3. The molecule has 0 spiro atoms. The van der Waals surface area contributed by atoms with Crippen LogP contribution in [0.25, 0.3) is 0 Å². The van der Waals surface area contributed by atoms with E-state index in [2.05, 4.69) is 26.6 Å². The van der Waals surface area contributed by atoms with E-state index in [1.54, 1.807) is 30.3 Å². The summed E-state index contributed by atoms with van der Waals surface area (Å²) in [6.07, 6.45) is 0.170. The molecule has 2 N–H and O–H groups in total. The van der Waals surface area contributed by atoms with Gasteiger partial charge >= 0.3 is 5.97 Å². The lowest BCUT2D eigenvalue weighted by Crippen LogP contribution is -2.46. The number of carbonyl (C=O) groups excluding carboxylic acids is 4. The van der Waals surface area contributed by atoms with Crippen LogP contribution in [0.3, 0.4) is 0 Å². The molecule has 0 bridgehead atoms. The zero-order chi connectivity index (χ0) is 20.7. The molecule has 0 heterocycles. The lowest BCUT2D eigenvalue weighted by atomic mass is 10.0. The van der Waals surface area contributed by atoms with Crippen LogP contribution in [0.15, 0.2) is 53.0 Å². The number of carbonyl (C=O) groups is 4. The fourth-order valence-electron chi connectivity index (χ4n) is 2.53. The molecule has 2 rings (SSSR count). The summed E-state index contributed by atoms with van der Waals surface area (Å²) in [7, 11) is 1.21. The quantitative estimate of drug-likeness (QED) is 0.386. The van der Waals surface area contributed by atoms with Gasteiger partial charge in [-0.3, -0.25) is 14.4 Å². The van der Waals surface area contributed by atoms with Crippen LogP contribution < -0.4 is 10.6 Å². The van der Waals surface area contributed by atoms with Gasteiger partial charge in [-0.15, -0.1) is 0 Å². The SMILES string of the molecule is COC(=O)[C@@H](Cc1ccccc1)NC(=O)C(=O)c1cc(Br)ccc1NC(C)=O. The van der Waals surface area contributed by atoms with Crippen LogP contribution in [-0.2, 0) is 25.5 Å². The number of methoxy groups -OCH3 is 1. The van der Waals surface area contributed by atoms with Crippen molar-refractivity contribution in [3.63, 3.8) is 0 Å². The van der Waals surface area contributed by atoms with Crippen molar-refractivity contribution in [3.05, 3.63) is 64.1 Å². The molecule has 8 heteroatoms. The first-order valence-electron chi connectivity index (χ1n) is 8.36. The molecule has 0 saturated carbocycles. The molecule has 0 aromatic heterocycles. The summed E-state index contributed by atoms with van der Waals surface area (Å²) in [5, 5.41) is 4.93. The van der Waals surface area contributed by atoms with Crippen LogP contribution in [0, 0.1) is 0 Å². The minimum Gasteiger partial charge on any atom is -0.467 e. The molecule has 7 nitrogen and oxygen atoms in total. The third-order valence-electron chi connectivity index (χ3n) is 3.82. The number of halogens is 1. The van der Waals surface area contributed by atoms with Gasteiger partial charge in [0.1, 0.15) is 6.04 Å². The van der Waals surface area contributed by atoms with E-state index in [-0.39, 0.29) is 23.6 Å². The Morgan fingerprint density at radius 1 is 1.07 bits per heavy atom. The van der Waals surface area contributed by atoms with Crippen molar-refractivity contribution in [2.75, 3.05) is 12.4 Å². The Morgan fingerprint density at radius 3 is 2.36 bits per heavy atom. The summed E-state index contributed by atoms with van der Waals surface area (Å²) >= 11 is 3.24. The number of nitrogens with one attached hydrogen (secondary N) is 2. The van der Waals surface area contributed by atoms with Crippen LogP contribution >= 0.6 is 15.9 Å². The molecule has 28 heavy (non-hydrogen) atoms. The Morgan fingerprint density at radius 2 is 1.75 bits per heavy atom. The second kappa shape index (κ2) is 9.80. The smallest absolute Gasteiger partial charge is 0.328 e. The van der Waals surface area contributed by atoms with Gasteiger partial charge in [0.25, 0.3) is 11.7 Å². The number of hydrogen-bond donors (Lipinski definition) is 2. The van der Waals surface area contributed by atoms with Gasteiger partial charge in [-0.05, 0) is 23.8 Å². The normalized spacial score (nSPS) is 11.2. The highest BCUT2D eigenvalue weighted by Crippen LogP contribution is 2.22. The van der Waals surface area contributed by atoms with E-state index in [0.717, 1.165) is 5.56 Å². The number of benzene rings is 2. The van der Waals surface area contributed by atoms with Gasteiger partial charge in [-0.1, -0.05) is 46.3 Å². The fraction of sp³-hybridized carbons (Fsp3) is 0.200. The first-order valence-corrected chi connectivity index (χ1v) is 9.15. The van der Waals surface area contributed by atoms with Gasteiger partial charge in [-0.25, -0.2) is 4.79 Å². The number of ketones is 1. The summed E-state index contributed by atoms with van der Waals surface area (Å²) in [6, 6.07) is 12.6. The fourth-order valence-corrected chi connectivity index (χ4v) is 2.90. The average molecular weight is 447 g/mol. The Bertz CT molecular complexity index is 899. The van der Waals surface area contributed by atoms with Gasteiger partial charge in [0.15, 0.2) is 0 Å². The lowest BCUT2D eigenvalue weighted by Gasteiger charge is -2.17. The Hall–Kier alpha value is -3.00. The maximum atomic E-state index is 12.7. The molecule has 2 amide bonds. The monoisotopic (exact) mass is 446 g/mol. The van der Waals surface area contributed by atoms with E-state index in [1.165, 1.54) is 26.2 Å². The first-order chi connectivity index (χ1) is 13.3. The lowest BCUT2D eigenvalue weighted by molar-refractivity contribution is -0.144. The van der Waals surface area contributed by atoms with Crippen molar-refractivity contribution in [2.45, 2.75) is 19.4 Å². The summed E-state index contributed by atoms with van der Waals surface area (Å²) in [4.78, 5) is 48.6. The number of rotatable bonds is 7. The standard InChI is InChI=1S/C20H19BrN2O5/c1-12(24)22-16-9-8-14(21)11-15(16)18(25)19(26)23-17(20(27)28-2)10-13-6-4-3-5-7-13/h3-9,11,17H,10H2,1-2H3,(H,22,24)(H,23,26)/t17-/m1/s1. The number of anilines is 1. The van der Waals surface area contributed by atoms with E-state index in [1.807, 2.05) is 6.07 Å². The number of hydrogen-bond acceptors (Lipinski definition) is 5. The number of amides is 2. The topological polar surface area (TPSA) is 102 Å². The highest BCUT2D eigenvalue weighted by atomic mass is 79.9. The third kappa shape index (κ3) is 5.75. The maximum Gasteiger partial charge on any atom is 0.328 e. The van der Waals surface area contributed by atoms with Gasteiger partial charge < -0.3 is 15.4 Å². The Balaban J connectivity index is 2.23. The Labute approximate surface area is 170 Å². The van der Waals surface area contributed by atoms with E-state index < -0.39 is 23.7 Å². The predicted octanol–water partition coefficient (Wildman–Crippen LogP) is 2.49. The van der Waals surface area contributed by atoms with Crippen LogP contribution in [0.4, 0.5) is 5.69 Å². The van der Waals surface area contributed by atoms with Gasteiger partial charge in [0.05, 0.1) is 18.4 Å². The zero-order valence-corrected chi connectivity index (χ0v) is 16.9. The highest BCUT2D eigenvalue weighted by Gasteiger charge is 2.27. The highest BCUT2D eigenvalue weighted by molar-refractivity contribution is 9.10. The number of esters is 1. The molecule has 0 aliphatic heterocycles. The molecule has 0 fully saturated rings. The van der Waals surface area contributed by atoms with Crippen LogP contribution in [0.5, 0.6) is 0 Å². The molecule has 0 radical (unpaired) electrons. The minimum absolute atomic E-state index is 0.00500. The maximum absolute atomic E-state index is 12.7. The van der Waals surface area contributed by atoms with E-state index >= 15 is 0 Å².